The van der Waals surface area contributed by atoms with Crippen molar-refractivity contribution in [3.8, 4) is 0 Å². The molecule has 2 atom stereocenters. The number of piperazine rings is 1. The predicted molar refractivity (Wildman–Crippen MR) is 96.6 cm³/mol. The maximum Gasteiger partial charge on any atom is 0.394 e. The molecule has 0 aromatic heterocycles. The number of amides is 3. The zero-order valence-corrected chi connectivity index (χ0v) is 16.6. The molecule has 164 valence electrons. The lowest BCUT2D eigenvalue weighted by Gasteiger charge is -2.75. The molecule has 11 heteroatoms. The Kier molecular flexibility index (Phi) is 4.38. The lowest BCUT2D eigenvalue weighted by atomic mass is 9.29. The van der Waals surface area contributed by atoms with Crippen LogP contribution in [0.2, 0.25) is 5.02 Å². The van der Waals surface area contributed by atoms with Crippen LogP contribution in [-0.4, -0.2) is 41.6 Å². The molecule has 3 aliphatic carbocycles. The molecule has 1 heterocycles. The van der Waals surface area contributed by atoms with Crippen molar-refractivity contribution < 1.29 is 31.5 Å². The highest BCUT2D eigenvalue weighted by Gasteiger charge is 2.82. The minimum atomic E-state index is -4.43. The molecule has 0 spiro atoms. The molecule has 3 amide bonds. The van der Waals surface area contributed by atoms with Crippen LogP contribution in [0.4, 0.5) is 26.7 Å². The van der Waals surface area contributed by atoms with Crippen LogP contribution in [0.1, 0.15) is 37.7 Å². The van der Waals surface area contributed by atoms with Crippen molar-refractivity contribution in [3.05, 3.63) is 34.4 Å². The van der Waals surface area contributed by atoms with Crippen LogP contribution in [0, 0.1) is 22.5 Å². The van der Waals surface area contributed by atoms with Gasteiger partial charge in [0.25, 0.3) is 0 Å². The molecule has 1 saturated heterocycles. The molecule has 4 aliphatic rings. The second-order valence-corrected chi connectivity index (χ2v) is 9.14. The zero-order chi connectivity index (χ0) is 22.3. The highest BCUT2D eigenvalue weighted by Crippen LogP contribution is 2.83. The maximum absolute atomic E-state index is 15.1. The number of hydrogen-bond acceptors (Lipinski definition) is 2. The Morgan fingerprint density at radius 1 is 1.27 bits per heavy atom. The number of benzene rings is 1. The summed E-state index contributed by atoms with van der Waals surface area (Å²) in [6.45, 7) is 1.45. The first-order chi connectivity index (χ1) is 13.8. The van der Waals surface area contributed by atoms with E-state index in [2.05, 4.69) is 5.32 Å². The smallest absolute Gasteiger partial charge is 0.352 e. The van der Waals surface area contributed by atoms with Gasteiger partial charge in [0, 0.05) is 19.0 Å². The van der Waals surface area contributed by atoms with Gasteiger partial charge in [-0.1, -0.05) is 17.7 Å². The Morgan fingerprint density at radius 3 is 2.40 bits per heavy atom. The normalized spacial score (nSPS) is 34.0. The number of hydrogen-bond donors (Lipinski definition) is 2. The lowest BCUT2D eigenvalue weighted by Crippen LogP contribution is -2.77. The molecule has 5 nitrogen and oxygen atoms in total. The first kappa shape index (κ1) is 21.1. The van der Waals surface area contributed by atoms with Gasteiger partial charge in [-0.3, -0.25) is 4.79 Å². The van der Waals surface area contributed by atoms with E-state index in [-0.39, 0.29) is 37.9 Å². The molecule has 1 unspecified atom stereocenters. The van der Waals surface area contributed by atoms with Gasteiger partial charge in [-0.2, -0.15) is 13.2 Å². The Hall–Kier alpha value is -2.10. The first-order valence-corrected chi connectivity index (χ1v) is 9.72. The SMILES string of the molecule is CC1([C@H](c2ccc(F)c(Cl)c2F)C23CC(C(F)(F)F)(C2)C3)C(=O)NCCN1C(N)=O. The second-order valence-electron chi connectivity index (χ2n) is 8.76. The molecule has 1 aromatic carbocycles. The quantitative estimate of drug-likeness (QED) is 0.543. The molecule has 2 bridgehead atoms. The number of rotatable bonds is 3. The van der Waals surface area contributed by atoms with Crippen LogP contribution < -0.4 is 11.1 Å². The van der Waals surface area contributed by atoms with E-state index in [9.17, 15) is 27.2 Å². The third-order valence-electron chi connectivity index (χ3n) is 7.13. The summed E-state index contributed by atoms with van der Waals surface area (Å²) >= 11 is 5.73. The molecule has 1 aromatic rings. The van der Waals surface area contributed by atoms with E-state index in [0.717, 1.165) is 17.0 Å². The Bertz CT molecular complexity index is 933. The van der Waals surface area contributed by atoms with Gasteiger partial charge in [0.05, 0.1) is 5.41 Å². The van der Waals surface area contributed by atoms with Crippen molar-refractivity contribution in [2.45, 2.75) is 43.8 Å². The predicted octanol–water partition coefficient (Wildman–Crippen LogP) is 3.70. The van der Waals surface area contributed by atoms with E-state index in [0.29, 0.717) is 0 Å². The lowest BCUT2D eigenvalue weighted by molar-refractivity contribution is -0.373. The van der Waals surface area contributed by atoms with Gasteiger partial charge in [-0.15, -0.1) is 0 Å². The summed E-state index contributed by atoms with van der Waals surface area (Å²) in [6.07, 6.45) is -5.40. The van der Waals surface area contributed by atoms with Crippen molar-refractivity contribution in [1.29, 1.82) is 0 Å². The van der Waals surface area contributed by atoms with E-state index < -0.39 is 57.1 Å². The highest BCUT2D eigenvalue weighted by molar-refractivity contribution is 6.31. The van der Waals surface area contributed by atoms with Crippen LogP contribution in [0.25, 0.3) is 0 Å². The number of primary amides is 1. The summed E-state index contributed by atoms with van der Waals surface area (Å²) in [7, 11) is 0. The number of carbonyl (C=O) groups is 2. The minimum Gasteiger partial charge on any atom is -0.352 e. The summed E-state index contributed by atoms with van der Waals surface area (Å²) < 4.78 is 69.2. The number of alkyl halides is 3. The van der Waals surface area contributed by atoms with E-state index in [4.69, 9.17) is 17.3 Å². The number of nitrogens with two attached hydrogens (primary N) is 1. The van der Waals surface area contributed by atoms with Crippen molar-refractivity contribution in [3.63, 3.8) is 0 Å². The van der Waals surface area contributed by atoms with Gasteiger partial charge in [0.1, 0.15) is 22.2 Å². The highest BCUT2D eigenvalue weighted by atomic mass is 35.5. The van der Waals surface area contributed by atoms with Gasteiger partial charge in [-0.25, -0.2) is 13.6 Å². The van der Waals surface area contributed by atoms with Crippen LogP contribution in [0.15, 0.2) is 12.1 Å². The van der Waals surface area contributed by atoms with E-state index in [1.54, 1.807) is 0 Å². The minimum absolute atomic E-state index is 0.00507. The standard InChI is InChI=1S/C19H19ClF5N3O2/c1-16(14(29)27-4-5-28(16)15(26)30)13(9-2-3-10(21)11(20)12(9)22)17-6-18(7-17,8-17)19(23,24)25/h2-3,13H,4-8H2,1H3,(H2,26,30)(H,27,29)/t13-,16?,17?,18?/m0/s1. The van der Waals surface area contributed by atoms with Crippen LogP contribution >= 0.6 is 11.6 Å². The molecule has 3 saturated carbocycles. The van der Waals surface area contributed by atoms with Crippen LogP contribution in [0.5, 0.6) is 0 Å². The molecule has 4 fully saturated rings. The van der Waals surface area contributed by atoms with Gasteiger partial charge < -0.3 is 16.0 Å². The van der Waals surface area contributed by atoms with Crippen LogP contribution in [0.3, 0.4) is 0 Å². The summed E-state index contributed by atoms with van der Waals surface area (Å²) in [6, 6.07) is 1.02. The fourth-order valence-electron chi connectivity index (χ4n) is 5.91. The number of urea groups is 1. The number of nitrogens with zero attached hydrogens (tertiary/aromatic N) is 1. The summed E-state index contributed by atoms with van der Waals surface area (Å²) in [5.41, 5.74) is 0.505. The molecule has 3 N–H and O–H groups in total. The fraction of sp³-hybridized carbons (Fsp3) is 0.579. The van der Waals surface area contributed by atoms with Crippen molar-refractivity contribution >= 4 is 23.5 Å². The Labute approximate surface area is 173 Å². The van der Waals surface area contributed by atoms with E-state index >= 15 is 4.39 Å². The van der Waals surface area contributed by atoms with Crippen molar-refractivity contribution in [1.82, 2.24) is 10.2 Å². The summed E-state index contributed by atoms with van der Waals surface area (Å²) in [4.78, 5) is 26.2. The van der Waals surface area contributed by atoms with Gasteiger partial charge >= 0.3 is 12.2 Å². The Morgan fingerprint density at radius 2 is 1.87 bits per heavy atom. The van der Waals surface area contributed by atoms with Crippen LogP contribution in [-0.2, 0) is 4.79 Å². The van der Waals surface area contributed by atoms with Gasteiger partial charge in [0.15, 0.2) is 0 Å². The van der Waals surface area contributed by atoms with Crippen molar-refractivity contribution in [2.75, 3.05) is 13.1 Å². The summed E-state index contributed by atoms with van der Waals surface area (Å²) in [5, 5.41) is 1.77. The topological polar surface area (TPSA) is 75.4 Å². The number of halogens is 6. The largest absolute Gasteiger partial charge is 0.394 e. The monoisotopic (exact) mass is 451 g/mol. The third kappa shape index (κ3) is 2.52. The average Bonchev–Trinajstić information content (AvgIpc) is 2.56. The average molecular weight is 452 g/mol. The zero-order valence-electron chi connectivity index (χ0n) is 15.9. The fourth-order valence-corrected chi connectivity index (χ4v) is 6.08. The maximum atomic E-state index is 15.1. The molecule has 0 radical (unpaired) electrons. The molecular weight excluding hydrogens is 433 g/mol. The van der Waals surface area contributed by atoms with E-state index in [1.165, 1.54) is 6.92 Å². The number of carbonyl (C=O) groups excluding carboxylic acids is 2. The molecule has 30 heavy (non-hydrogen) atoms. The summed E-state index contributed by atoms with van der Waals surface area (Å²) in [5.74, 6) is -4.05. The second kappa shape index (κ2) is 6.21. The van der Waals surface area contributed by atoms with Crippen molar-refractivity contribution in [2.24, 2.45) is 16.6 Å². The molecule has 1 aliphatic heterocycles. The van der Waals surface area contributed by atoms with Gasteiger partial charge in [-0.05, 0) is 43.2 Å². The third-order valence-corrected chi connectivity index (χ3v) is 7.48. The molecule has 5 rings (SSSR count). The van der Waals surface area contributed by atoms with Gasteiger partial charge in [0.2, 0.25) is 5.91 Å². The first-order valence-electron chi connectivity index (χ1n) is 9.35. The number of nitrogens with one attached hydrogen (secondary N) is 1. The Balaban J connectivity index is 1.87. The molecular formula is C19H19ClF5N3O2. The van der Waals surface area contributed by atoms with E-state index in [1.807, 2.05) is 0 Å².